The van der Waals surface area contributed by atoms with Crippen molar-refractivity contribution in [3.8, 4) is 17.2 Å². The van der Waals surface area contributed by atoms with Crippen LogP contribution in [0, 0.1) is 5.92 Å². The monoisotopic (exact) mass is 586 g/mol. The number of nitrogens with zero attached hydrogens (tertiary/aromatic N) is 1. The molecular formula is C35H42N2O6. The number of hydrogen-bond donors (Lipinski definition) is 2. The molecular weight excluding hydrogens is 544 g/mol. The summed E-state index contributed by atoms with van der Waals surface area (Å²) in [5, 5.41) is 13.8. The Kier molecular flexibility index (Phi) is 9.87. The number of nitrogens with one attached hydrogen (secondary N) is 1. The van der Waals surface area contributed by atoms with Crippen LogP contribution in [-0.2, 0) is 22.4 Å². The molecule has 2 aliphatic rings. The molecule has 8 heteroatoms. The summed E-state index contributed by atoms with van der Waals surface area (Å²) in [6.45, 7) is 7.56. The van der Waals surface area contributed by atoms with Crippen molar-refractivity contribution < 1.29 is 28.9 Å². The van der Waals surface area contributed by atoms with Crippen molar-refractivity contribution in [1.29, 1.82) is 0 Å². The number of aryl methyl sites for hydroxylation is 2. The van der Waals surface area contributed by atoms with E-state index in [0.29, 0.717) is 24.7 Å². The second-order valence-electron chi connectivity index (χ2n) is 11.3. The number of rotatable bonds is 13. The molecule has 8 nitrogen and oxygen atoms in total. The van der Waals surface area contributed by atoms with Crippen LogP contribution in [0.25, 0.3) is 0 Å². The van der Waals surface area contributed by atoms with E-state index in [2.05, 4.69) is 26.1 Å². The Hall–Kier alpha value is -4.04. The number of carbonyl (C=O) groups is 2. The predicted octanol–water partition coefficient (Wildman–Crippen LogP) is 6.59. The summed E-state index contributed by atoms with van der Waals surface area (Å²) < 4.78 is 17.0. The van der Waals surface area contributed by atoms with Gasteiger partial charge in [0.1, 0.15) is 5.75 Å². The molecule has 43 heavy (non-hydrogen) atoms. The lowest BCUT2D eigenvalue weighted by atomic mass is 9.82. The predicted molar refractivity (Wildman–Crippen MR) is 166 cm³/mol. The molecule has 1 amide bonds. The summed E-state index contributed by atoms with van der Waals surface area (Å²) in [4.78, 5) is 28.6. The van der Waals surface area contributed by atoms with Crippen LogP contribution in [0.1, 0.15) is 74.2 Å². The number of hydrogen-bond acceptors (Lipinski definition) is 6. The number of anilines is 1. The fourth-order valence-corrected chi connectivity index (χ4v) is 6.34. The molecule has 3 atom stereocenters. The SMILES string of the molecule is CCCCCOc1ccc([C@H]2C(C(=O)O)[C@@H](c3ccc4c(c3)OCO4)CN2CC(=O)Nc2c(CC)cccc2CC)cc1. The topological polar surface area (TPSA) is 97.3 Å². The molecule has 0 spiro atoms. The molecule has 1 saturated heterocycles. The average Bonchev–Trinajstić information content (AvgIpc) is 3.64. The minimum atomic E-state index is -0.903. The maximum absolute atomic E-state index is 13.6. The Morgan fingerprint density at radius 2 is 1.63 bits per heavy atom. The zero-order valence-corrected chi connectivity index (χ0v) is 25.3. The number of fused-ring (bicyclic) bond motifs is 1. The summed E-state index contributed by atoms with van der Waals surface area (Å²) in [6.07, 6.45) is 4.83. The van der Waals surface area contributed by atoms with Gasteiger partial charge in [-0.25, -0.2) is 0 Å². The molecule has 5 rings (SSSR count). The van der Waals surface area contributed by atoms with Gasteiger partial charge in [0.2, 0.25) is 12.7 Å². The number of carbonyl (C=O) groups excluding carboxylic acids is 1. The van der Waals surface area contributed by atoms with E-state index in [1.54, 1.807) is 0 Å². The van der Waals surface area contributed by atoms with Gasteiger partial charge >= 0.3 is 5.97 Å². The lowest BCUT2D eigenvalue weighted by Gasteiger charge is -2.27. The maximum atomic E-state index is 13.6. The summed E-state index contributed by atoms with van der Waals surface area (Å²) in [5.74, 6) is -0.182. The van der Waals surface area contributed by atoms with Crippen LogP contribution in [0.15, 0.2) is 60.7 Å². The number of carboxylic acids is 1. The number of amides is 1. The summed E-state index contributed by atoms with van der Waals surface area (Å²) in [6, 6.07) is 18.9. The highest BCUT2D eigenvalue weighted by Crippen LogP contribution is 2.47. The van der Waals surface area contributed by atoms with Crippen molar-refractivity contribution >= 4 is 17.6 Å². The summed E-state index contributed by atoms with van der Waals surface area (Å²) in [5.41, 5.74) is 4.72. The van der Waals surface area contributed by atoms with Gasteiger partial charge in [-0.3, -0.25) is 14.5 Å². The number of carboxylic acid groups (broad SMARTS) is 1. The highest BCUT2D eigenvalue weighted by molar-refractivity contribution is 5.94. The van der Waals surface area contributed by atoms with Crippen LogP contribution < -0.4 is 19.5 Å². The zero-order chi connectivity index (χ0) is 30.3. The number of aliphatic carboxylic acids is 1. The number of unbranched alkanes of at least 4 members (excludes halogenated alkanes) is 2. The van der Waals surface area contributed by atoms with Crippen LogP contribution in [-0.4, -0.2) is 48.4 Å². The molecule has 0 saturated carbocycles. The van der Waals surface area contributed by atoms with Gasteiger partial charge in [-0.05, 0) is 65.8 Å². The average molecular weight is 587 g/mol. The fraction of sp³-hybridized carbons (Fsp3) is 0.429. The third kappa shape index (κ3) is 6.80. The molecule has 1 fully saturated rings. The van der Waals surface area contributed by atoms with E-state index >= 15 is 0 Å². The zero-order valence-electron chi connectivity index (χ0n) is 25.3. The molecule has 0 aromatic heterocycles. The Morgan fingerprint density at radius 1 is 0.930 bits per heavy atom. The minimum absolute atomic E-state index is 0.0615. The number of benzene rings is 3. The Labute approximate surface area is 254 Å². The van der Waals surface area contributed by atoms with Crippen LogP contribution >= 0.6 is 0 Å². The van der Waals surface area contributed by atoms with E-state index in [4.69, 9.17) is 14.2 Å². The van der Waals surface area contributed by atoms with E-state index in [9.17, 15) is 14.7 Å². The molecule has 0 radical (unpaired) electrons. The number of likely N-dealkylation sites (tertiary alicyclic amines) is 1. The molecule has 0 aliphatic carbocycles. The van der Waals surface area contributed by atoms with Gasteiger partial charge in [0, 0.05) is 24.2 Å². The maximum Gasteiger partial charge on any atom is 0.309 e. The van der Waals surface area contributed by atoms with Crippen LogP contribution in [0.4, 0.5) is 5.69 Å². The third-order valence-corrected chi connectivity index (χ3v) is 8.56. The lowest BCUT2D eigenvalue weighted by molar-refractivity contribution is -0.143. The van der Waals surface area contributed by atoms with E-state index in [1.807, 2.05) is 65.6 Å². The first-order chi connectivity index (χ1) is 20.9. The van der Waals surface area contributed by atoms with Crippen molar-refractivity contribution in [2.24, 2.45) is 5.92 Å². The van der Waals surface area contributed by atoms with Gasteiger partial charge in [0.05, 0.1) is 19.1 Å². The van der Waals surface area contributed by atoms with Crippen molar-refractivity contribution in [3.63, 3.8) is 0 Å². The number of ether oxygens (including phenoxy) is 3. The first-order valence-electron chi connectivity index (χ1n) is 15.4. The van der Waals surface area contributed by atoms with Crippen molar-refractivity contribution in [3.05, 3.63) is 82.9 Å². The normalized spacial score (nSPS) is 19.4. The Balaban J connectivity index is 1.44. The highest BCUT2D eigenvalue weighted by atomic mass is 16.7. The van der Waals surface area contributed by atoms with E-state index in [-0.39, 0.29) is 25.2 Å². The quantitative estimate of drug-likeness (QED) is 0.218. The van der Waals surface area contributed by atoms with Crippen LogP contribution in [0.5, 0.6) is 17.2 Å². The van der Waals surface area contributed by atoms with Crippen molar-refractivity contribution in [2.45, 2.75) is 64.8 Å². The molecule has 2 heterocycles. The lowest BCUT2D eigenvalue weighted by Crippen LogP contribution is -2.35. The highest BCUT2D eigenvalue weighted by Gasteiger charge is 2.48. The van der Waals surface area contributed by atoms with Gasteiger partial charge in [0.15, 0.2) is 11.5 Å². The van der Waals surface area contributed by atoms with Crippen molar-refractivity contribution in [1.82, 2.24) is 4.90 Å². The van der Waals surface area contributed by atoms with E-state index < -0.39 is 17.9 Å². The summed E-state index contributed by atoms with van der Waals surface area (Å²) >= 11 is 0. The molecule has 1 unspecified atom stereocenters. The third-order valence-electron chi connectivity index (χ3n) is 8.56. The van der Waals surface area contributed by atoms with Gasteiger partial charge in [-0.1, -0.05) is 70.0 Å². The van der Waals surface area contributed by atoms with Crippen LogP contribution in [0.3, 0.4) is 0 Å². The fourth-order valence-electron chi connectivity index (χ4n) is 6.34. The second-order valence-corrected chi connectivity index (χ2v) is 11.3. The van der Waals surface area contributed by atoms with Gasteiger partial charge in [-0.15, -0.1) is 0 Å². The molecule has 228 valence electrons. The first kappa shape index (κ1) is 30.4. The minimum Gasteiger partial charge on any atom is -0.494 e. The smallest absolute Gasteiger partial charge is 0.309 e. The van der Waals surface area contributed by atoms with E-state index in [1.165, 1.54) is 0 Å². The molecule has 0 bridgehead atoms. The standard InChI is InChI=1S/C35H42N2O6/c1-4-7-8-18-41-27-15-12-25(13-16-27)34-32(35(39)40)28(26-14-17-29-30(19-26)43-22-42-29)20-37(34)21-31(38)36-33-23(5-2)10-9-11-24(33)6-3/h9-17,19,28,32,34H,4-8,18,20-22H2,1-3H3,(H,36,38)(H,39,40)/t28-,32?,34+/m1/s1. The van der Waals surface area contributed by atoms with Gasteiger partial charge in [-0.2, -0.15) is 0 Å². The molecule has 3 aromatic rings. The Morgan fingerprint density at radius 3 is 2.30 bits per heavy atom. The largest absolute Gasteiger partial charge is 0.494 e. The van der Waals surface area contributed by atoms with Gasteiger partial charge < -0.3 is 24.6 Å². The van der Waals surface area contributed by atoms with Crippen molar-refractivity contribution in [2.75, 3.05) is 31.8 Å². The Bertz CT molecular complexity index is 1400. The molecule has 2 aliphatic heterocycles. The molecule has 3 aromatic carbocycles. The molecule has 2 N–H and O–H groups in total. The van der Waals surface area contributed by atoms with Crippen LogP contribution in [0.2, 0.25) is 0 Å². The van der Waals surface area contributed by atoms with Gasteiger partial charge in [0.25, 0.3) is 0 Å². The number of para-hydroxylation sites is 1. The first-order valence-corrected chi connectivity index (χ1v) is 15.4. The van der Waals surface area contributed by atoms with E-state index in [0.717, 1.165) is 65.8 Å². The second kappa shape index (κ2) is 14.0. The summed E-state index contributed by atoms with van der Waals surface area (Å²) in [7, 11) is 0.